The second-order valence-corrected chi connectivity index (χ2v) is 3.79. The Morgan fingerprint density at radius 1 is 1.50 bits per heavy atom. The van der Waals surface area contributed by atoms with Crippen LogP contribution in [0.5, 0.6) is 0 Å². The minimum atomic E-state index is -0.276. The van der Waals surface area contributed by atoms with Crippen molar-refractivity contribution in [2.75, 3.05) is 19.6 Å². The second kappa shape index (κ2) is 6.24. The molecular formula is C10H19N5O. The lowest BCUT2D eigenvalue weighted by Crippen LogP contribution is -2.54. The molecular weight excluding hydrogens is 206 g/mol. The Labute approximate surface area is 95.0 Å². The number of piperazine rings is 1. The Hall–Kier alpha value is -1.40. The van der Waals surface area contributed by atoms with Crippen LogP contribution < -0.4 is 16.4 Å². The van der Waals surface area contributed by atoms with E-state index in [4.69, 9.17) is 5.73 Å². The van der Waals surface area contributed by atoms with Gasteiger partial charge in [-0.3, -0.25) is 9.89 Å². The summed E-state index contributed by atoms with van der Waals surface area (Å²) in [7, 11) is 0. The first-order valence-electron chi connectivity index (χ1n) is 5.31. The Balaban J connectivity index is 0.000000165. The highest BCUT2D eigenvalue weighted by Crippen LogP contribution is 1.96. The Kier molecular flexibility index (Phi) is 4.94. The van der Waals surface area contributed by atoms with E-state index >= 15 is 0 Å². The highest BCUT2D eigenvalue weighted by molar-refractivity contribution is 5.80. The molecule has 2 heterocycles. The van der Waals surface area contributed by atoms with Crippen LogP contribution in [0.4, 0.5) is 0 Å². The van der Waals surface area contributed by atoms with E-state index in [0.717, 1.165) is 18.8 Å². The molecule has 6 heteroatoms. The Morgan fingerprint density at radius 2 is 2.25 bits per heavy atom. The number of aromatic nitrogens is 2. The van der Waals surface area contributed by atoms with Crippen LogP contribution in [0.1, 0.15) is 11.3 Å². The molecule has 1 atom stereocenters. The standard InChI is InChI=1S/C5H11N3O.C5H8N2/c6-5(9)4-3-7-1-2-8-4;1-4-3-6-7-5(4)2/h4,7-8H,1-3H2,(H2,6,9);3H,1-2H3,(H,6,7). The number of aryl methyl sites for hydroxylation is 2. The predicted octanol–water partition coefficient (Wildman–Crippen LogP) is -0.940. The fourth-order valence-corrected chi connectivity index (χ4v) is 1.27. The highest BCUT2D eigenvalue weighted by Gasteiger charge is 2.16. The van der Waals surface area contributed by atoms with E-state index in [9.17, 15) is 4.79 Å². The minimum absolute atomic E-state index is 0.168. The zero-order valence-corrected chi connectivity index (χ0v) is 9.71. The number of hydrogen-bond donors (Lipinski definition) is 4. The zero-order chi connectivity index (χ0) is 12.0. The van der Waals surface area contributed by atoms with Crippen molar-refractivity contribution in [3.05, 3.63) is 17.5 Å². The molecule has 0 bridgehead atoms. The van der Waals surface area contributed by atoms with E-state index < -0.39 is 0 Å². The minimum Gasteiger partial charge on any atom is -0.368 e. The van der Waals surface area contributed by atoms with Crippen LogP contribution >= 0.6 is 0 Å². The molecule has 16 heavy (non-hydrogen) atoms. The van der Waals surface area contributed by atoms with Gasteiger partial charge >= 0.3 is 0 Å². The smallest absolute Gasteiger partial charge is 0.235 e. The predicted molar refractivity (Wildman–Crippen MR) is 61.9 cm³/mol. The van der Waals surface area contributed by atoms with Gasteiger partial charge in [0.2, 0.25) is 5.91 Å². The van der Waals surface area contributed by atoms with Gasteiger partial charge in [-0.05, 0) is 19.4 Å². The normalized spacial score (nSPS) is 19.8. The number of nitrogens with one attached hydrogen (secondary N) is 3. The Bertz CT molecular complexity index is 313. The molecule has 0 saturated carbocycles. The van der Waals surface area contributed by atoms with Crippen LogP contribution in [0.15, 0.2) is 6.20 Å². The third kappa shape index (κ3) is 4.00. The van der Waals surface area contributed by atoms with Gasteiger partial charge in [0.15, 0.2) is 0 Å². The number of hydrogen-bond acceptors (Lipinski definition) is 4. The summed E-state index contributed by atoms with van der Waals surface area (Å²) in [6, 6.07) is -0.168. The lowest BCUT2D eigenvalue weighted by molar-refractivity contribution is -0.120. The number of amides is 1. The average Bonchev–Trinajstić information content (AvgIpc) is 2.65. The summed E-state index contributed by atoms with van der Waals surface area (Å²) in [6.45, 7) is 6.44. The molecule has 1 aliphatic heterocycles. The summed E-state index contributed by atoms with van der Waals surface area (Å²) < 4.78 is 0. The van der Waals surface area contributed by atoms with Crippen molar-refractivity contribution in [1.29, 1.82) is 0 Å². The molecule has 0 aliphatic carbocycles. The summed E-state index contributed by atoms with van der Waals surface area (Å²) in [4.78, 5) is 10.5. The van der Waals surface area contributed by atoms with Gasteiger partial charge in [0.25, 0.3) is 0 Å². The van der Waals surface area contributed by atoms with Crippen molar-refractivity contribution in [1.82, 2.24) is 20.8 Å². The quantitative estimate of drug-likeness (QED) is 0.496. The van der Waals surface area contributed by atoms with Gasteiger partial charge in [0.1, 0.15) is 0 Å². The number of carbonyl (C=O) groups excluding carboxylic acids is 1. The van der Waals surface area contributed by atoms with Gasteiger partial charge in [-0.2, -0.15) is 5.10 Å². The first-order valence-corrected chi connectivity index (χ1v) is 5.31. The molecule has 0 aromatic carbocycles. The van der Waals surface area contributed by atoms with Crippen molar-refractivity contribution in [3.63, 3.8) is 0 Å². The van der Waals surface area contributed by atoms with E-state index in [2.05, 4.69) is 20.8 Å². The number of nitrogens with two attached hydrogens (primary N) is 1. The number of aromatic amines is 1. The molecule has 90 valence electrons. The van der Waals surface area contributed by atoms with Crippen LogP contribution in [-0.4, -0.2) is 41.8 Å². The van der Waals surface area contributed by atoms with E-state index in [1.165, 1.54) is 5.56 Å². The largest absolute Gasteiger partial charge is 0.368 e. The topological polar surface area (TPSA) is 95.8 Å². The number of primary amides is 1. The number of rotatable bonds is 1. The average molecular weight is 225 g/mol. The lowest BCUT2D eigenvalue weighted by atomic mass is 10.2. The van der Waals surface area contributed by atoms with Crippen LogP contribution in [0, 0.1) is 13.8 Å². The van der Waals surface area contributed by atoms with E-state index in [1.54, 1.807) is 0 Å². The summed E-state index contributed by atoms with van der Waals surface area (Å²) in [6.07, 6.45) is 1.81. The molecule has 5 N–H and O–H groups in total. The molecule has 1 saturated heterocycles. The summed E-state index contributed by atoms with van der Waals surface area (Å²) in [5.74, 6) is -0.276. The number of nitrogens with zero attached hydrogens (tertiary/aromatic N) is 1. The maximum Gasteiger partial charge on any atom is 0.235 e. The number of H-pyrrole nitrogens is 1. The van der Waals surface area contributed by atoms with Gasteiger partial charge < -0.3 is 16.4 Å². The molecule has 1 aliphatic rings. The molecule has 1 fully saturated rings. The van der Waals surface area contributed by atoms with Gasteiger partial charge in [0, 0.05) is 25.3 Å². The molecule has 0 spiro atoms. The van der Waals surface area contributed by atoms with Gasteiger partial charge in [-0.25, -0.2) is 0 Å². The van der Waals surface area contributed by atoms with Crippen molar-refractivity contribution < 1.29 is 4.79 Å². The van der Waals surface area contributed by atoms with E-state index in [-0.39, 0.29) is 11.9 Å². The summed E-state index contributed by atoms with van der Waals surface area (Å²) in [5, 5.41) is 12.6. The van der Waals surface area contributed by atoms with Crippen LogP contribution in [-0.2, 0) is 4.79 Å². The fourth-order valence-electron chi connectivity index (χ4n) is 1.27. The van der Waals surface area contributed by atoms with Crippen molar-refractivity contribution in [2.24, 2.45) is 5.73 Å². The second-order valence-electron chi connectivity index (χ2n) is 3.79. The van der Waals surface area contributed by atoms with Crippen LogP contribution in [0.25, 0.3) is 0 Å². The fraction of sp³-hybridized carbons (Fsp3) is 0.600. The first kappa shape index (κ1) is 12.7. The third-order valence-corrected chi connectivity index (χ3v) is 2.47. The SMILES string of the molecule is Cc1cn[nH]c1C.NC(=O)C1CNCCN1. The summed E-state index contributed by atoms with van der Waals surface area (Å²) in [5.41, 5.74) is 7.40. The molecule has 1 aromatic heterocycles. The maximum absolute atomic E-state index is 10.5. The van der Waals surface area contributed by atoms with Gasteiger partial charge in [0.05, 0.1) is 12.2 Å². The highest BCUT2D eigenvalue weighted by atomic mass is 16.1. The molecule has 6 nitrogen and oxygen atoms in total. The zero-order valence-electron chi connectivity index (χ0n) is 9.71. The van der Waals surface area contributed by atoms with E-state index in [1.807, 2.05) is 20.0 Å². The van der Waals surface area contributed by atoms with Gasteiger partial charge in [-0.15, -0.1) is 0 Å². The molecule has 2 rings (SSSR count). The van der Waals surface area contributed by atoms with Crippen LogP contribution in [0.3, 0.4) is 0 Å². The lowest BCUT2D eigenvalue weighted by Gasteiger charge is -2.21. The molecule has 1 aromatic rings. The molecule has 1 amide bonds. The summed E-state index contributed by atoms with van der Waals surface area (Å²) >= 11 is 0. The maximum atomic E-state index is 10.5. The Morgan fingerprint density at radius 3 is 2.50 bits per heavy atom. The van der Waals surface area contributed by atoms with Crippen LogP contribution in [0.2, 0.25) is 0 Å². The number of carbonyl (C=O) groups is 1. The molecule has 1 unspecified atom stereocenters. The first-order chi connectivity index (χ1) is 7.61. The molecule has 0 radical (unpaired) electrons. The monoisotopic (exact) mass is 225 g/mol. The van der Waals surface area contributed by atoms with Crippen molar-refractivity contribution in [2.45, 2.75) is 19.9 Å². The van der Waals surface area contributed by atoms with Gasteiger partial charge in [-0.1, -0.05) is 0 Å². The van der Waals surface area contributed by atoms with Crippen molar-refractivity contribution >= 4 is 5.91 Å². The third-order valence-electron chi connectivity index (χ3n) is 2.47. The van der Waals surface area contributed by atoms with E-state index in [0.29, 0.717) is 6.54 Å². The van der Waals surface area contributed by atoms with Crippen molar-refractivity contribution in [3.8, 4) is 0 Å².